The number of carbonyl (C=O) groups excluding carboxylic acids is 1. The van der Waals surface area contributed by atoms with Gasteiger partial charge in [-0.1, -0.05) is 58.8 Å². The van der Waals surface area contributed by atoms with Gasteiger partial charge >= 0.3 is 6.09 Å². The quantitative estimate of drug-likeness (QED) is 0.505. The topological polar surface area (TPSA) is 38.3 Å². The van der Waals surface area contributed by atoms with Crippen molar-refractivity contribution in [2.75, 3.05) is 6.54 Å². The van der Waals surface area contributed by atoms with Gasteiger partial charge in [-0.3, -0.25) is 0 Å². The largest absolute Gasteiger partial charge is 0.447 e. The van der Waals surface area contributed by atoms with Crippen molar-refractivity contribution >= 4 is 6.09 Å². The van der Waals surface area contributed by atoms with E-state index in [0.717, 1.165) is 19.3 Å². The van der Waals surface area contributed by atoms with Crippen LogP contribution in [0.15, 0.2) is 0 Å². The summed E-state index contributed by atoms with van der Waals surface area (Å²) in [6.45, 7) is 6.96. The van der Waals surface area contributed by atoms with Crippen LogP contribution in [0.25, 0.3) is 0 Å². The highest BCUT2D eigenvalue weighted by atomic mass is 16.6. The fraction of sp³-hybridized carbons (Fsp3) is 0.938. The maximum absolute atomic E-state index is 11.3. The minimum Gasteiger partial charge on any atom is -0.447 e. The molecule has 3 nitrogen and oxygen atoms in total. The van der Waals surface area contributed by atoms with Crippen molar-refractivity contribution < 1.29 is 9.53 Å². The number of ether oxygens (including phenoxy) is 1. The molecule has 0 aromatic rings. The van der Waals surface area contributed by atoms with Gasteiger partial charge in [-0.05, 0) is 26.2 Å². The van der Waals surface area contributed by atoms with Gasteiger partial charge in [0.15, 0.2) is 0 Å². The number of rotatable bonds is 12. The first-order valence-electron chi connectivity index (χ1n) is 8.15. The highest BCUT2D eigenvalue weighted by molar-refractivity contribution is 5.67. The Balaban J connectivity index is 3.28. The Hall–Kier alpha value is -0.730. The van der Waals surface area contributed by atoms with Crippen LogP contribution in [0, 0.1) is 0 Å². The predicted octanol–water partition coefficient (Wildman–Crippen LogP) is 5.04. The molecular weight excluding hydrogens is 238 g/mol. The Kier molecular flexibility index (Phi) is 13.2. The molecule has 1 N–H and O–H groups in total. The molecule has 0 aliphatic carbocycles. The van der Waals surface area contributed by atoms with E-state index in [0.29, 0.717) is 6.54 Å². The molecule has 0 aromatic carbocycles. The Morgan fingerprint density at radius 2 is 1.53 bits per heavy atom. The van der Waals surface area contributed by atoms with Crippen LogP contribution in [0.5, 0.6) is 0 Å². The molecule has 114 valence electrons. The first-order chi connectivity index (χ1) is 9.20. The van der Waals surface area contributed by atoms with E-state index < -0.39 is 0 Å². The minimum atomic E-state index is -0.270. The summed E-state index contributed by atoms with van der Waals surface area (Å²) >= 11 is 0. The zero-order chi connectivity index (χ0) is 14.3. The van der Waals surface area contributed by atoms with E-state index in [1.54, 1.807) is 0 Å². The van der Waals surface area contributed by atoms with Crippen LogP contribution in [0.1, 0.15) is 85.0 Å². The van der Waals surface area contributed by atoms with E-state index in [1.165, 1.54) is 44.9 Å². The standard InChI is InChI=1S/C16H33NO2/c1-4-6-7-8-9-10-11-12-13-15(3)19-16(18)17-14-5-2/h15H,4-14H2,1-3H3,(H,17,18). The summed E-state index contributed by atoms with van der Waals surface area (Å²) in [6, 6.07) is 0. The summed E-state index contributed by atoms with van der Waals surface area (Å²) in [5, 5.41) is 2.73. The fourth-order valence-electron chi connectivity index (χ4n) is 2.08. The summed E-state index contributed by atoms with van der Waals surface area (Å²) in [5.74, 6) is 0. The zero-order valence-electron chi connectivity index (χ0n) is 13.2. The third-order valence-corrected chi connectivity index (χ3v) is 3.29. The summed E-state index contributed by atoms with van der Waals surface area (Å²) in [7, 11) is 0. The van der Waals surface area contributed by atoms with Gasteiger partial charge in [-0.25, -0.2) is 4.79 Å². The molecule has 19 heavy (non-hydrogen) atoms. The number of hydrogen-bond donors (Lipinski definition) is 1. The molecule has 0 heterocycles. The van der Waals surface area contributed by atoms with Crippen molar-refractivity contribution in [3.8, 4) is 0 Å². The predicted molar refractivity (Wildman–Crippen MR) is 81.5 cm³/mol. The average molecular weight is 271 g/mol. The number of unbranched alkanes of at least 4 members (excludes halogenated alkanes) is 7. The van der Waals surface area contributed by atoms with Gasteiger partial charge in [0.05, 0.1) is 0 Å². The van der Waals surface area contributed by atoms with Crippen molar-refractivity contribution in [1.82, 2.24) is 5.32 Å². The van der Waals surface area contributed by atoms with Crippen LogP contribution < -0.4 is 5.32 Å². The van der Waals surface area contributed by atoms with E-state index in [-0.39, 0.29) is 12.2 Å². The molecule has 0 aliphatic rings. The fourth-order valence-corrected chi connectivity index (χ4v) is 2.08. The van der Waals surface area contributed by atoms with Crippen molar-refractivity contribution in [3.63, 3.8) is 0 Å². The third kappa shape index (κ3) is 13.5. The van der Waals surface area contributed by atoms with Crippen LogP contribution in [0.3, 0.4) is 0 Å². The minimum absolute atomic E-state index is 0.0388. The molecular formula is C16H33NO2. The van der Waals surface area contributed by atoms with Crippen LogP contribution in [0.2, 0.25) is 0 Å². The van der Waals surface area contributed by atoms with E-state index >= 15 is 0 Å². The van der Waals surface area contributed by atoms with Crippen LogP contribution >= 0.6 is 0 Å². The second-order valence-corrected chi connectivity index (χ2v) is 5.41. The van der Waals surface area contributed by atoms with Crippen molar-refractivity contribution in [2.24, 2.45) is 0 Å². The molecule has 3 heteroatoms. The zero-order valence-corrected chi connectivity index (χ0v) is 13.2. The Morgan fingerprint density at radius 1 is 0.947 bits per heavy atom. The van der Waals surface area contributed by atoms with Gasteiger partial charge in [0.1, 0.15) is 6.10 Å². The Labute approximate surface area is 119 Å². The summed E-state index contributed by atoms with van der Waals surface area (Å²) in [4.78, 5) is 11.3. The number of carbonyl (C=O) groups is 1. The number of alkyl carbamates (subject to hydrolysis) is 1. The highest BCUT2D eigenvalue weighted by Crippen LogP contribution is 2.11. The first-order valence-corrected chi connectivity index (χ1v) is 8.15. The lowest BCUT2D eigenvalue weighted by Crippen LogP contribution is -2.28. The Bertz CT molecular complexity index is 207. The second-order valence-electron chi connectivity index (χ2n) is 5.41. The molecule has 0 saturated heterocycles. The molecule has 1 amide bonds. The average Bonchev–Trinajstić information content (AvgIpc) is 2.39. The molecule has 0 fully saturated rings. The Morgan fingerprint density at radius 3 is 2.11 bits per heavy atom. The van der Waals surface area contributed by atoms with Gasteiger partial charge in [-0.2, -0.15) is 0 Å². The van der Waals surface area contributed by atoms with E-state index in [9.17, 15) is 4.79 Å². The van der Waals surface area contributed by atoms with Crippen LogP contribution in [-0.4, -0.2) is 18.7 Å². The third-order valence-electron chi connectivity index (χ3n) is 3.29. The van der Waals surface area contributed by atoms with E-state index in [2.05, 4.69) is 12.2 Å². The molecule has 0 bridgehead atoms. The summed E-state index contributed by atoms with van der Waals surface area (Å²) in [6.07, 6.45) is 12.2. The number of hydrogen-bond acceptors (Lipinski definition) is 2. The highest BCUT2D eigenvalue weighted by Gasteiger charge is 2.07. The van der Waals surface area contributed by atoms with Crippen molar-refractivity contribution in [1.29, 1.82) is 0 Å². The van der Waals surface area contributed by atoms with Gasteiger partial charge in [0, 0.05) is 6.54 Å². The van der Waals surface area contributed by atoms with Gasteiger partial charge in [0.2, 0.25) is 0 Å². The molecule has 0 saturated carbocycles. The number of amides is 1. The smallest absolute Gasteiger partial charge is 0.407 e. The first kappa shape index (κ1) is 18.3. The van der Waals surface area contributed by atoms with Crippen molar-refractivity contribution in [3.05, 3.63) is 0 Å². The number of nitrogens with one attached hydrogen (secondary N) is 1. The van der Waals surface area contributed by atoms with Crippen molar-refractivity contribution in [2.45, 2.75) is 91.1 Å². The monoisotopic (exact) mass is 271 g/mol. The van der Waals surface area contributed by atoms with Crippen LogP contribution in [0.4, 0.5) is 4.79 Å². The lowest BCUT2D eigenvalue weighted by molar-refractivity contribution is 0.101. The second kappa shape index (κ2) is 13.7. The molecule has 0 spiro atoms. The van der Waals surface area contributed by atoms with Crippen LogP contribution in [-0.2, 0) is 4.74 Å². The van der Waals surface area contributed by atoms with E-state index in [4.69, 9.17) is 4.74 Å². The van der Waals surface area contributed by atoms with Gasteiger partial charge < -0.3 is 10.1 Å². The SMILES string of the molecule is CCCCCCCCCCC(C)OC(=O)NCCC. The molecule has 1 unspecified atom stereocenters. The molecule has 0 aromatic heterocycles. The maximum atomic E-state index is 11.3. The normalized spacial score (nSPS) is 12.2. The lowest BCUT2D eigenvalue weighted by atomic mass is 10.1. The van der Waals surface area contributed by atoms with E-state index in [1.807, 2.05) is 13.8 Å². The lowest BCUT2D eigenvalue weighted by Gasteiger charge is -2.13. The molecule has 0 aliphatic heterocycles. The molecule has 0 rings (SSSR count). The summed E-state index contributed by atoms with van der Waals surface area (Å²) < 4.78 is 5.26. The summed E-state index contributed by atoms with van der Waals surface area (Å²) in [5.41, 5.74) is 0. The van der Waals surface area contributed by atoms with Gasteiger partial charge in [0.25, 0.3) is 0 Å². The molecule has 0 radical (unpaired) electrons. The molecule has 1 atom stereocenters. The maximum Gasteiger partial charge on any atom is 0.407 e. The van der Waals surface area contributed by atoms with Gasteiger partial charge in [-0.15, -0.1) is 0 Å².